The van der Waals surface area contributed by atoms with Gasteiger partial charge in [-0.2, -0.15) is 0 Å². The van der Waals surface area contributed by atoms with E-state index < -0.39 is 8.07 Å². The summed E-state index contributed by atoms with van der Waals surface area (Å²) in [6.07, 6.45) is 0. The van der Waals surface area contributed by atoms with E-state index in [0.29, 0.717) is 0 Å². The smallest absolute Gasteiger partial charge is 0.180 e. The first-order chi connectivity index (χ1) is 32.3. The van der Waals surface area contributed by atoms with Crippen molar-refractivity contribution in [3.05, 3.63) is 231 Å². The molecule has 10 aromatic carbocycles. The van der Waals surface area contributed by atoms with E-state index >= 15 is 0 Å². The third-order valence-electron chi connectivity index (χ3n) is 13.9. The van der Waals surface area contributed by atoms with Crippen LogP contribution in [0, 0.1) is 0 Å². The topological polar surface area (TPSA) is 36.1 Å². The standard InChI is InChI=1S/C60H38N2O2Si/c1-3-17-40(18-4-1)65(41-19-5-2-6-20-41,42-34-36-56-49(38-42)45-23-10-14-31-55(45)63-56)58-32-16-28-52-59(58)48-24-8-12-27-51(48)62(52)53-29-15-25-47-43-21-7-11-26-50(43)61(60(47)53)39-33-35-46-44-22-9-13-30-54(44)64-57(46)37-39/h1-38H. The Balaban J connectivity index is 1.11. The number of benzene rings is 10. The van der Waals surface area contributed by atoms with E-state index in [9.17, 15) is 0 Å². The van der Waals surface area contributed by atoms with E-state index in [1.54, 1.807) is 0 Å². The Morgan fingerprint density at radius 1 is 0.308 bits per heavy atom. The van der Waals surface area contributed by atoms with E-state index in [4.69, 9.17) is 8.83 Å². The predicted molar refractivity (Wildman–Crippen MR) is 273 cm³/mol. The molecule has 304 valence electrons. The van der Waals surface area contributed by atoms with Gasteiger partial charge in [-0.3, -0.25) is 0 Å². The molecule has 4 heterocycles. The number of fused-ring (bicyclic) bond motifs is 12. The predicted octanol–water partition coefficient (Wildman–Crippen LogP) is 13.1. The fourth-order valence-corrected chi connectivity index (χ4v) is 16.2. The summed E-state index contributed by atoms with van der Waals surface area (Å²) in [5.74, 6) is 0. The molecular formula is C60H38N2O2Si. The highest BCUT2D eigenvalue weighted by Crippen LogP contribution is 2.41. The molecule has 0 saturated heterocycles. The fraction of sp³-hybridized carbons (Fsp3) is 0. The lowest BCUT2D eigenvalue weighted by Crippen LogP contribution is -2.74. The number of aromatic nitrogens is 2. The third kappa shape index (κ3) is 5.07. The second-order valence-electron chi connectivity index (χ2n) is 17.1. The van der Waals surface area contributed by atoms with Gasteiger partial charge in [-0.15, -0.1) is 0 Å². The van der Waals surface area contributed by atoms with E-state index in [1.807, 2.05) is 6.07 Å². The van der Waals surface area contributed by atoms with Crippen LogP contribution in [0.4, 0.5) is 0 Å². The van der Waals surface area contributed by atoms with E-state index in [1.165, 1.54) is 47.8 Å². The first kappa shape index (κ1) is 36.1. The highest BCUT2D eigenvalue weighted by atomic mass is 28.3. The number of hydrogen-bond donors (Lipinski definition) is 0. The average molecular weight is 847 g/mol. The lowest BCUT2D eigenvalue weighted by molar-refractivity contribution is 0.668. The van der Waals surface area contributed by atoms with Crippen LogP contribution < -0.4 is 20.7 Å². The summed E-state index contributed by atoms with van der Waals surface area (Å²) in [6.45, 7) is 0. The van der Waals surface area contributed by atoms with Gasteiger partial charge in [-0.25, -0.2) is 0 Å². The summed E-state index contributed by atoms with van der Waals surface area (Å²) in [5.41, 5.74) is 10.4. The first-order valence-electron chi connectivity index (χ1n) is 22.3. The van der Waals surface area contributed by atoms with E-state index in [0.717, 1.165) is 71.8 Å². The molecule has 0 aliphatic carbocycles. The Labute approximate surface area is 374 Å². The average Bonchev–Trinajstić information content (AvgIpc) is 4.13. The van der Waals surface area contributed by atoms with Crippen molar-refractivity contribution in [3.63, 3.8) is 0 Å². The molecule has 0 aliphatic heterocycles. The van der Waals surface area contributed by atoms with Crippen LogP contribution in [-0.4, -0.2) is 17.2 Å². The summed E-state index contributed by atoms with van der Waals surface area (Å²) in [7, 11) is -3.10. The fourth-order valence-electron chi connectivity index (χ4n) is 11.2. The van der Waals surface area contributed by atoms with Crippen LogP contribution in [0.25, 0.3) is 98.9 Å². The van der Waals surface area contributed by atoms with Crippen molar-refractivity contribution in [2.45, 2.75) is 0 Å². The molecule has 0 bridgehead atoms. The van der Waals surface area contributed by atoms with Crippen LogP contribution >= 0.6 is 0 Å². The van der Waals surface area contributed by atoms with E-state index in [-0.39, 0.29) is 0 Å². The third-order valence-corrected chi connectivity index (χ3v) is 18.7. The molecule has 0 radical (unpaired) electrons. The molecule has 4 aromatic heterocycles. The van der Waals surface area contributed by atoms with Crippen molar-refractivity contribution < 1.29 is 8.83 Å². The molecule has 0 aliphatic rings. The zero-order valence-electron chi connectivity index (χ0n) is 35.2. The molecular weight excluding hydrogens is 809 g/mol. The van der Waals surface area contributed by atoms with Crippen LogP contribution in [0.3, 0.4) is 0 Å². The second kappa shape index (κ2) is 13.8. The van der Waals surface area contributed by atoms with Gasteiger partial charge in [0.25, 0.3) is 0 Å². The lowest BCUT2D eigenvalue weighted by Gasteiger charge is -2.35. The maximum Gasteiger partial charge on any atom is 0.180 e. The molecule has 4 nitrogen and oxygen atoms in total. The zero-order chi connectivity index (χ0) is 42.6. The molecule has 0 atom stereocenters. The summed E-state index contributed by atoms with van der Waals surface area (Å²) < 4.78 is 17.9. The number of rotatable bonds is 6. The van der Waals surface area contributed by atoms with Crippen LogP contribution in [0.2, 0.25) is 0 Å². The summed E-state index contributed by atoms with van der Waals surface area (Å²) in [6, 6.07) is 84.5. The monoisotopic (exact) mass is 846 g/mol. The van der Waals surface area contributed by atoms with Gasteiger partial charge >= 0.3 is 0 Å². The molecule has 0 fully saturated rings. The van der Waals surface area contributed by atoms with Crippen molar-refractivity contribution in [1.29, 1.82) is 0 Å². The van der Waals surface area contributed by atoms with Crippen molar-refractivity contribution in [1.82, 2.24) is 9.13 Å². The minimum atomic E-state index is -3.10. The largest absolute Gasteiger partial charge is 0.456 e. The van der Waals surface area contributed by atoms with Crippen LogP contribution in [0.1, 0.15) is 0 Å². The molecule has 0 unspecified atom stereocenters. The Kier molecular flexibility index (Phi) is 7.68. The van der Waals surface area contributed by atoms with Crippen LogP contribution in [-0.2, 0) is 0 Å². The zero-order valence-corrected chi connectivity index (χ0v) is 36.2. The minimum absolute atomic E-state index is 0.873. The van der Waals surface area contributed by atoms with Gasteiger partial charge < -0.3 is 18.0 Å². The Bertz CT molecular complexity index is 4150. The molecule has 65 heavy (non-hydrogen) atoms. The molecule has 0 amide bonds. The summed E-state index contributed by atoms with van der Waals surface area (Å²) in [5, 5.41) is 14.7. The molecule has 0 spiro atoms. The van der Waals surface area contributed by atoms with Gasteiger partial charge in [-0.05, 0) is 75.3 Å². The maximum absolute atomic E-state index is 6.51. The molecule has 5 heteroatoms. The van der Waals surface area contributed by atoms with Crippen LogP contribution in [0.15, 0.2) is 239 Å². The second-order valence-corrected chi connectivity index (χ2v) is 20.9. The first-order valence-corrected chi connectivity index (χ1v) is 24.3. The van der Waals surface area contributed by atoms with Gasteiger partial charge in [0, 0.05) is 49.2 Å². The Morgan fingerprint density at radius 3 is 1.58 bits per heavy atom. The van der Waals surface area contributed by atoms with Crippen LogP contribution in [0.5, 0.6) is 0 Å². The summed E-state index contributed by atoms with van der Waals surface area (Å²) >= 11 is 0. The number of nitrogens with zero attached hydrogens (tertiary/aromatic N) is 2. The highest BCUT2D eigenvalue weighted by molar-refractivity contribution is 7.21. The van der Waals surface area contributed by atoms with Crippen molar-refractivity contribution in [2.24, 2.45) is 0 Å². The maximum atomic E-state index is 6.51. The quantitative estimate of drug-likeness (QED) is 0.123. The Morgan fingerprint density at radius 2 is 0.846 bits per heavy atom. The van der Waals surface area contributed by atoms with Gasteiger partial charge in [0.2, 0.25) is 0 Å². The molecule has 14 rings (SSSR count). The molecule has 14 aromatic rings. The van der Waals surface area contributed by atoms with E-state index in [2.05, 4.69) is 234 Å². The van der Waals surface area contributed by atoms with Crippen molar-refractivity contribution in [2.75, 3.05) is 0 Å². The van der Waals surface area contributed by atoms with Gasteiger partial charge in [0.15, 0.2) is 8.07 Å². The lowest BCUT2D eigenvalue weighted by atomic mass is 10.1. The summed E-state index contributed by atoms with van der Waals surface area (Å²) in [4.78, 5) is 0. The molecule has 0 saturated carbocycles. The van der Waals surface area contributed by atoms with Crippen molar-refractivity contribution in [3.8, 4) is 11.4 Å². The molecule has 0 N–H and O–H groups in total. The normalized spacial score (nSPS) is 12.3. The van der Waals surface area contributed by atoms with Gasteiger partial charge in [-0.1, -0.05) is 170 Å². The SMILES string of the molecule is c1ccc([Si](c2ccccc2)(c2ccc3oc4ccccc4c3c2)c2cccc3c2c2ccccc2n3-c2cccc3c4ccccc4n(-c4ccc5c(c4)oc4ccccc45)c23)cc1. The minimum Gasteiger partial charge on any atom is -0.456 e. The Hall–Kier alpha value is -8.38. The van der Waals surface area contributed by atoms with Gasteiger partial charge in [0.1, 0.15) is 22.3 Å². The number of furan rings is 2. The van der Waals surface area contributed by atoms with Crippen molar-refractivity contribution >= 4 is 116 Å². The van der Waals surface area contributed by atoms with Gasteiger partial charge in [0.05, 0.1) is 33.4 Å². The highest BCUT2D eigenvalue weighted by Gasteiger charge is 2.43. The number of hydrogen-bond acceptors (Lipinski definition) is 2. The number of para-hydroxylation sites is 5.